The molecule has 2 N–H and O–H groups in total. The summed E-state index contributed by atoms with van der Waals surface area (Å²) >= 11 is 0. The molecule has 0 aromatic heterocycles. The molecule has 0 saturated heterocycles. The number of hydrogen-bond acceptors (Lipinski definition) is 3. The van der Waals surface area contributed by atoms with Gasteiger partial charge in [-0.05, 0) is 51.3 Å². The van der Waals surface area contributed by atoms with E-state index < -0.39 is 10.2 Å². The average Bonchev–Trinajstić information content (AvgIpc) is 3.31. The minimum absolute atomic E-state index is 0.0602. The lowest BCUT2D eigenvalue weighted by molar-refractivity contribution is -0.117. The minimum Gasteiger partial charge on any atom is -0.326 e. The van der Waals surface area contributed by atoms with Gasteiger partial charge in [0.1, 0.15) is 0 Å². The third-order valence-corrected chi connectivity index (χ3v) is 5.89. The van der Waals surface area contributed by atoms with Crippen molar-refractivity contribution in [2.45, 2.75) is 45.7 Å². The average molecular weight is 339 g/mol. The van der Waals surface area contributed by atoms with Gasteiger partial charge in [-0.3, -0.25) is 4.79 Å². The van der Waals surface area contributed by atoms with Crippen LogP contribution < -0.4 is 10.0 Å². The van der Waals surface area contributed by atoms with Crippen molar-refractivity contribution in [2.24, 2.45) is 5.92 Å². The Morgan fingerprint density at radius 3 is 2.22 bits per heavy atom. The van der Waals surface area contributed by atoms with E-state index in [1.807, 2.05) is 26.0 Å². The highest BCUT2D eigenvalue weighted by Gasteiger charge is 2.29. The summed E-state index contributed by atoms with van der Waals surface area (Å²) in [6.45, 7) is 5.44. The van der Waals surface area contributed by atoms with Crippen molar-refractivity contribution in [3.8, 4) is 0 Å². The number of rotatable bonds is 7. The van der Waals surface area contributed by atoms with Gasteiger partial charge in [0.2, 0.25) is 5.91 Å². The summed E-state index contributed by atoms with van der Waals surface area (Å²) in [6.07, 6.45) is 1.93. The highest BCUT2D eigenvalue weighted by molar-refractivity contribution is 7.87. The highest BCUT2D eigenvalue weighted by Crippen LogP contribution is 2.30. The molecule has 1 aromatic rings. The molecular weight excluding hydrogens is 314 g/mol. The molecule has 1 saturated carbocycles. The SMILES string of the molecule is CC(NS(=O)(=O)N(C)C(C)C)c1ccc(NC(=O)C2CC2)cc1. The van der Waals surface area contributed by atoms with E-state index in [0.29, 0.717) is 0 Å². The largest absolute Gasteiger partial charge is 0.326 e. The maximum Gasteiger partial charge on any atom is 0.279 e. The fourth-order valence-corrected chi connectivity index (χ4v) is 3.40. The summed E-state index contributed by atoms with van der Waals surface area (Å²) < 4.78 is 28.4. The smallest absolute Gasteiger partial charge is 0.279 e. The summed E-state index contributed by atoms with van der Waals surface area (Å²) in [6, 6.07) is 6.78. The number of carbonyl (C=O) groups is 1. The summed E-state index contributed by atoms with van der Waals surface area (Å²) in [4.78, 5) is 11.7. The number of carbonyl (C=O) groups excluding carboxylic acids is 1. The van der Waals surface area contributed by atoms with Gasteiger partial charge in [-0.2, -0.15) is 17.4 Å². The predicted octanol–water partition coefficient (Wildman–Crippen LogP) is 2.27. The summed E-state index contributed by atoms with van der Waals surface area (Å²) in [7, 11) is -1.97. The Morgan fingerprint density at radius 1 is 1.17 bits per heavy atom. The first-order valence-electron chi connectivity index (χ1n) is 7.87. The van der Waals surface area contributed by atoms with Crippen molar-refractivity contribution in [2.75, 3.05) is 12.4 Å². The topological polar surface area (TPSA) is 78.5 Å². The summed E-state index contributed by atoms with van der Waals surface area (Å²) in [5.74, 6) is 0.219. The van der Waals surface area contributed by atoms with Crippen LogP contribution in [0.3, 0.4) is 0 Å². The van der Waals surface area contributed by atoms with E-state index in [1.165, 1.54) is 4.31 Å². The molecule has 0 aliphatic heterocycles. The Kier molecular flexibility index (Phi) is 5.44. The first-order chi connectivity index (χ1) is 10.7. The molecule has 1 aliphatic rings. The lowest BCUT2D eigenvalue weighted by atomic mass is 10.1. The van der Waals surface area contributed by atoms with Crippen molar-refractivity contribution >= 4 is 21.8 Å². The summed E-state index contributed by atoms with van der Waals surface area (Å²) in [5.41, 5.74) is 1.58. The van der Waals surface area contributed by atoms with Gasteiger partial charge in [0.15, 0.2) is 0 Å². The van der Waals surface area contributed by atoms with Crippen LogP contribution in [0, 0.1) is 5.92 Å². The van der Waals surface area contributed by atoms with Crippen LogP contribution in [0.15, 0.2) is 24.3 Å². The molecule has 0 spiro atoms. The zero-order chi connectivity index (χ0) is 17.2. The van der Waals surface area contributed by atoms with Crippen molar-refractivity contribution in [1.82, 2.24) is 9.03 Å². The maximum absolute atomic E-state index is 12.2. The van der Waals surface area contributed by atoms with Crippen LogP contribution in [0.5, 0.6) is 0 Å². The van der Waals surface area contributed by atoms with Crippen LogP contribution in [0.25, 0.3) is 0 Å². The van der Waals surface area contributed by atoms with Gasteiger partial charge in [-0.15, -0.1) is 0 Å². The van der Waals surface area contributed by atoms with E-state index in [-0.39, 0.29) is 23.9 Å². The minimum atomic E-state index is -3.53. The monoisotopic (exact) mass is 339 g/mol. The Hall–Kier alpha value is -1.44. The van der Waals surface area contributed by atoms with Crippen molar-refractivity contribution in [3.63, 3.8) is 0 Å². The van der Waals surface area contributed by atoms with Crippen LogP contribution >= 0.6 is 0 Å². The van der Waals surface area contributed by atoms with Crippen LogP contribution in [-0.4, -0.2) is 31.7 Å². The van der Waals surface area contributed by atoms with E-state index in [1.54, 1.807) is 26.1 Å². The molecule has 0 bridgehead atoms. The van der Waals surface area contributed by atoms with Crippen LogP contribution in [-0.2, 0) is 15.0 Å². The Labute approximate surface area is 138 Å². The van der Waals surface area contributed by atoms with Crippen molar-refractivity contribution < 1.29 is 13.2 Å². The summed E-state index contributed by atoms with van der Waals surface area (Å²) in [5, 5.41) is 2.87. The third kappa shape index (κ3) is 4.76. The molecule has 23 heavy (non-hydrogen) atoms. The number of benzene rings is 1. The highest BCUT2D eigenvalue weighted by atomic mass is 32.2. The normalized spacial score (nSPS) is 16.6. The van der Waals surface area contributed by atoms with Gasteiger partial charge in [0.25, 0.3) is 10.2 Å². The van der Waals surface area contributed by atoms with Crippen molar-refractivity contribution in [3.05, 3.63) is 29.8 Å². The van der Waals surface area contributed by atoms with Gasteiger partial charge in [-0.1, -0.05) is 12.1 Å². The zero-order valence-electron chi connectivity index (χ0n) is 14.0. The van der Waals surface area contributed by atoms with Gasteiger partial charge >= 0.3 is 0 Å². The third-order valence-electron chi connectivity index (χ3n) is 4.06. The molecular formula is C16H25N3O3S. The van der Waals surface area contributed by atoms with Crippen molar-refractivity contribution in [1.29, 1.82) is 0 Å². The van der Waals surface area contributed by atoms with Crippen LogP contribution in [0.1, 0.15) is 45.2 Å². The van der Waals surface area contributed by atoms with E-state index in [0.717, 1.165) is 24.1 Å². The molecule has 128 valence electrons. The standard InChI is InChI=1S/C16H25N3O3S/c1-11(2)19(4)23(21,22)18-12(3)13-7-9-15(10-8-13)17-16(20)14-5-6-14/h7-12,14,18H,5-6H2,1-4H3,(H,17,20). The quantitative estimate of drug-likeness (QED) is 0.800. The van der Waals surface area contributed by atoms with Crippen LogP contribution in [0.2, 0.25) is 0 Å². The number of anilines is 1. The number of nitrogens with one attached hydrogen (secondary N) is 2. The number of nitrogens with zero attached hydrogens (tertiary/aromatic N) is 1. The van der Waals surface area contributed by atoms with Gasteiger partial charge in [0.05, 0.1) is 0 Å². The molecule has 1 amide bonds. The Balaban J connectivity index is 1.99. The van der Waals surface area contributed by atoms with E-state index in [4.69, 9.17) is 0 Å². The van der Waals surface area contributed by atoms with E-state index >= 15 is 0 Å². The fourth-order valence-electron chi connectivity index (χ4n) is 2.10. The molecule has 0 radical (unpaired) electrons. The molecule has 1 aliphatic carbocycles. The molecule has 7 heteroatoms. The second-order valence-corrected chi connectivity index (χ2v) is 8.10. The first-order valence-corrected chi connectivity index (χ1v) is 9.31. The molecule has 0 heterocycles. The maximum atomic E-state index is 12.2. The predicted molar refractivity (Wildman–Crippen MR) is 91.2 cm³/mol. The molecule has 1 aromatic carbocycles. The van der Waals surface area contributed by atoms with Gasteiger partial charge < -0.3 is 5.32 Å². The van der Waals surface area contributed by atoms with Gasteiger partial charge in [-0.25, -0.2) is 0 Å². The number of hydrogen-bond donors (Lipinski definition) is 2. The second-order valence-electron chi connectivity index (χ2n) is 6.34. The molecule has 1 unspecified atom stereocenters. The Bertz CT molecular complexity index is 652. The molecule has 2 rings (SSSR count). The molecule has 6 nitrogen and oxygen atoms in total. The van der Waals surface area contributed by atoms with E-state index in [2.05, 4.69) is 10.0 Å². The van der Waals surface area contributed by atoms with E-state index in [9.17, 15) is 13.2 Å². The molecule has 1 atom stereocenters. The lowest BCUT2D eigenvalue weighted by Gasteiger charge is -2.24. The Morgan fingerprint density at radius 2 is 1.74 bits per heavy atom. The first kappa shape index (κ1) is 17.9. The second kappa shape index (κ2) is 6.98. The zero-order valence-corrected chi connectivity index (χ0v) is 14.9. The molecule has 1 fully saturated rings. The van der Waals surface area contributed by atoms with Crippen LogP contribution in [0.4, 0.5) is 5.69 Å². The lowest BCUT2D eigenvalue weighted by Crippen LogP contribution is -2.42. The fraction of sp³-hybridized carbons (Fsp3) is 0.562. The number of amides is 1. The van der Waals surface area contributed by atoms with Gasteiger partial charge in [0, 0.05) is 30.7 Å².